The number of hydrogen-bond donors (Lipinski definition) is 1. The molecular formula is C22H32N2O3. The van der Waals surface area contributed by atoms with Crippen LogP contribution in [0.1, 0.15) is 57.9 Å². The van der Waals surface area contributed by atoms with Crippen molar-refractivity contribution in [3.63, 3.8) is 0 Å². The van der Waals surface area contributed by atoms with Crippen LogP contribution in [-0.4, -0.2) is 25.5 Å². The molecule has 2 amide bonds. The third-order valence-electron chi connectivity index (χ3n) is 6.38. The summed E-state index contributed by atoms with van der Waals surface area (Å²) in [4.78, 5) is 28.2. The highest BCUT2D eigenvalue weighted by molar-refractivity contribution is 6.21. The summed E-state index contributed by atoms with van der Waals surface area (Å²) in [5.41, 5.74) is 7.33. The number of nitrogens with two attached hydrogens (primary N) is 1. The average molecular weight is 373 g/mol. The fraction of sp³-hybridized carbons (Fsp3) is 0.636. The van der Waals surface area contributed by atoms with E-state index in [4.69, 9.17) is 10.5 Å². The van der Waals surface area contributed by atoms with E-state index in [1.54, 1.807) is 7.11 Å². The second-order valence-electron chi connectivity index (χ2n) is 8.50. The molecule has 0 spiro atoms. The molecular weight excluding hydrogens is 340 g/mol. The molecule has 0 saturated heterocycles. The van der Waals surface area contributed by atoms with Crippen molar-refractivity contribution < 1.29 is 14.3 Å². The maximum Gasteiger partial charge on any atom is 0.241 e. The van der Waals surface area contributed by atoms with Gasteiger partial charge in [-0.3, -0.25) is 9.59 Å². The molecule has 1 aromatic carbocycles. The molecule has 1 fully saturated rings. The highest BCUT2D eigenvalue weighted by atomic mass is 16.5. The molecule has 27 heavy (non-hydrogen) atoms. The van der Waals surface area contributed by atoms with Gasteiger partial charge in [-0.25, -0.2) is 4.90 Å². The van der Waals surface area contributed by atoms with Gasteiger partial charge >= 0.3 is 0 Å². The summed E-state index contributed by atoms with van der Waals surface area (Å²) in [6, 6.07) is 5.54. The maximum atomic E-state index is 13.6. The number of ether oxygens (including phenoxy) is 1. The molecule has 1 aliphatic heterocycles. The van der Waals surface area contributed by atoms with Gasteiger partial charge in [-0.1, -0.05) is 27.2 Å². The zero-order valence-corrected chi connectivity index (χ0v) is 16.9. The van der Waals surface area contributed by atoms with Crippen LogP contribution in [-0.2, 0) is 9.59 Å². The van der Waals surface area contributed by atoms with Gasteiger partial charge in [-0.15, -0.1) is 0 Å². The highest BCUT2D eigenvalue weighted by Gasteiger charge is 2.45. The van der Waals surface area contributed by atoms with Crippen molar-refractivity contribution in [2.45, 2.75) is 52.4 Å². The van der Waals surface area contributed by atoms with Gasteiger partial charge in [-0.2, -0.15) is 0 Å². The lowest BCUT2D eigenvalue weighted by Crippen LogP contribution is -2.45. The number of nitrogens with zero attached hydrogens (tertiary/aromatic N) is 1. The summed E-state index contributed by atoms with van der Waals surface area (Å²) in [5, 5.41) is 0. The van der Waals surface area contributed by atoms with Gasteiger partial charge < -0.3 is 10.5 Å². The summed E-state index contributed by atoms with van der Waals surface area (Å²) in [7, 11) is 1.61. The summed E-state index contributed by atoms with van der Waals surface area (Å²) in [6.07, 6.45) is 3.61. The van der Waals surface area contributed by atoms with Gasteiger partial charge in [0.2, 0.25) is 11.8 Å². The number of anilines is 1. The van der Waals surface area contributed by atoms with E-state index in [0.717, 1.165) is 24.8 Å². The minimum atomic E-state index is -0.359. The molecule has 1 aromatic rings. The number of hydrogen-bond acceptors (Lipinski definition) is 4. The number of carbonyl (C=O) groups is 2. The minimum Gasteiger partial charge on any atom is -0.497 e. The number of amides is 2. The third-order valence-corrected chi connectivity index (χ3v) is 6.38. The Bertz CT molecular complexity index is 716. The van der Waals surface area contributed by atoms with Gasteiger partial charge in [0.15, 0.2) is 0 Å². The number of methoxy groups -OCH3 is 1. The van der Waals surface area contributed by atoms with E-state index < -0.39 is 0 Å². The molecule has 5 heteroatoms. The molecule has 0 aromatic heterocycles. The minimum absolute atomic E-state index is 0.0313. The van der Waals surface area contributed by atoms with Crippen LogP contribution in [0.2, 0.25) is 0 Å². The first-order valence-electron chi connectivity index (χ1n) is 10.1. The molecule has 5 nitrogen and oxygen atoms in total. The van der Waals surface area contributed by atoms with Crippen LogP contribution in [0.25, 0.3) is 0 Å². The fourth-order valence-electron chi connectivity index (χ4n) is 4.87. The fourth-order valence-corrected chi connectivity index (χ4v) is 4.87. The third kappa shape index (κ3) is 3.62. The van der Waals surface area contributed by atoms with Crippen molar-refractivity contribution in [1.82, 2.24) is 0 Å². The summed E-state index contributed by atoms with van der Waals surface area (Å²) in [5.74, 6) is 1.36. The number of fused-ring (bicyclic) bond motifs is 1. The first-order valence-corrected chi connectivity index (χ1v) is 10.1. The topological polar surface area (TPSA) is 72.6 Å². The van der Waals surface area contributed by atoms with Crippen molar-refractivity contribution in [2.24, 2.45) is 29.4 Å². The van der Waals surface area contributed by atoms with Crippen molar-refractivity contribution in [2.75, 3.05) is 18.6 Å². The number of benzene rings is 1. The van der Waals surface area contributed by atoms with Crippen LogP contribution >= 0.6 is 0 Å². The zero-order chi connectivity index (χ0) is 19.7. The Morgan fingerprint density at radius 2 is 2.07 bits per heavy atom. The molecule has 0 radical (unpaired) electrons. The van der Waals surface area contributed by atoms with Gasteiger partial charge in [0.25, 0.3) is 0 Å². The van der Waals surface area contributed by atoms with E-state index in [1.807, 2.05) is 18.2 Å². The van der Waals surface area contributed by atoms with Crippen molar-refractivity contribution >= 4 is 17.5 Å². The molecule has 1 saturated carbocycles. The molecule has 2 aliphatic rings. The number of rotatable bonds is 5. The van der Waals surface area contributed by atoms with Gasteiger partial charge in [0.05, 0.1) is 18.7 Å². The van der Waals surface area contributed by atoms with Gasteiger partial charge in [0.1, 0.15) is 5.75 Å². The van der Waals surface area contributed by atoms with Crippen LogP contribution in [0.15, 0.2) is 18.2 Å². The molecule has 1 unspecified atom stereocenters. The normalized spacial score (nSPS) is 27.8. The van der Waals surface area contributed by atoms with Crippen molar-refractivity contribution in [3.8, 4) is 5.75 Å². The van der Waals surface area contributed by atoms with E-state index in [9.17, 15) is 9.59 Å². The monoisotopic (exact) mass is 372 g/mol. The van der Waals surface area contributed by atoms with Crippen LogP contribution in [0.3, 0.4) is 0 Å². The first-order chi connectivity index (χ1) is 12.9. The Morgan fingerprint density at radius 1 is 1.33 bits per heavy atom. The van der Waals surface area contributed by atoms with E-state index >= 15 is 0 Å². The molecule has 4 atom stereocenters. The smallest absolute Gasteiger partial charge is 0.241 e. The van der Waals surface area contributed by atoms with E-state index in [2.05, 4.69) is 20.8 Å². The van der Waals surface area contributed by atoms with E-state index in [-0.39, 0.29) is 23.7 Å². The van der Waals surface area contributed by atoms with Gasteiger partial charge in [0, 0.05) is 5.92 Å². The zero-order valence-electron chi connectivity index (χ0n) is 16.9. The average Bonchev–Trinajstić information content (AvgIpc) is 2.92. The van der Waals surface area contributed by atoms with Crippen LogP contribution in [0.5, 0.6) is 5.75 Å². The van der Waals surface area contributed by atoms with Crippen LogP contribution < -0.4 is 15.4 Å². The Morgan fingerprint density at radius 3 is 2.70 bits per heavy atom. The van der Waals surface area contributed by atoms with Crippen molar-refractivity contribution in [1.29, 1.82) is 0 Å². The predicted octanol–water partition coefficient (Wildman–Crippen LogP) is 3.71. The summed E-state index contributed by atoms with van der Waals surface area (Å²) >= 11 is 0. The quantitative estimate of drug-likeness (QED) is 0.800. The largest absolute Gasteiger partial charge is 0.497 e. The summed E-state index contributed by atoms with van der Waals surface area (Å²) < 4.78 is 5.33. The number of imide groups is 1. The molecule has 0 bridgehead atoms. The molecule has 2 N–H and O–H groups in total. The molecule has 1 aliphatic carbocycles. The highest BCUT2D eigenvalue weighted by Crippen LogP contribution is 2.45. The van der Waals surface area contributed by atoms with Gasteiger partial charge in [-0.05, 0) is 67.3 Å². The predicted molar refractivity (Wildman–Crippen MR) is 107 cm³/mol. The number of carbonyl (C=O) groups excluding carboxylic acids is 2. The second-order valence-corrected chi connectivity index (χ2v) is 8.50. The lowest BCUT2D eigenvalue weighted by Gasteiger charge is -2.38. The molecule has 148 valence electrons. The lowest BCUT2D eigenvalue weighted by molar-refractivity contribution is -0.131. The molecule has 3 rings (SSSR count). The Balaban J connectivity index is 1.98. The standard InChI is InChI=1S/C22H32N2O3/c1-13(2)16-7-5-14(3)11-19(16)22(26)24-20-8-6-15(27-4)12-18(20)17(9-10-23)21(24)25/h6,8,12-14,16-17,19H,5,7,9-11,23H2,1-4H3/t14-,16-,17?,19-/m1/s1. The Hall–Kier alpha value is -1.88. The maximum absolute atomic E-state index is 13.6. The Labute approximate surface area is 162 Å². The summed E-state index contributed by atoms with van der Waals surface area (Å²) in [6.45, 7) is 6.98. The van der Waals surface area contributed by atoms with Crippen LogP contribution in [0.4, 0.5) is 5.69 Å². The lowest BCUT2D eigenvalue weighted by atomic mass is 9.69. The van der Waals surface area contributed by atoms with Crippen molar-refractivity contribution in [3.05, 3.63) is 23.8 Å². The Kier molecular flexibility index (Phi) is 5.89. The molecule has 1 heterocycles. The van der Waals surface area contributed by atoms with E-state index in [1.165, 1.54) is 4.90 Å². The second kappa shape index (κ2) is 8.01. The van der Waals surface area contributed by atoms with Crippen LogP contribution in [0, 0.1) is 23.7 Å². The SMILES string of the molecule is COc1ccc2c(c1)C(CCN)C(=O)N2C(=O)[C@@H]1C[C@H](C)CC[C@@H]1C(C)C. The van der Waals surface area contributed by atoms with E-state index in [0.29, 0.717) is 42.2 Å². The first kappa shape index (κ1) is 19.9.